The highest BCUT2D eigenvalue weighted by Gasteiger charge is 2.40. The average molecular weight is 332 g/mol. The van der Waals surface area contributed by atoms with Crippen molar-refractivity contribution in [2.24, 2.45) is 11.7 Å². The molecule has 2 nitrogen and oxygen atoms in total. The number of carbonyl (C=O) groups excluding carboxylic acids is 1. The number of halogens is 3. The molecule has 1 saturated carbocycles. The minimum absolute atomic E-state index is 0.0738. The summed E-state index contributed by atoms with van der Waals surface area (Å²) < 4.78 is 27.8. The molecule has 19 heavy (non-hydrogen) atoms. The van der Waals surface area contributed by atoms with Gasteiger partial charge in [-0.3, -0.25) is 4.79 Å². The van der Waals surface area contributed by atoms with Crippen LogP contribution in [0.15, 0.2) is 16.6 Å². The Labute approximate surface area is 119 Å². The summed E-state index contributed by atoms with van der Waals surface area (Å²) in [5.74, 6) is -2.06. The Morgan fingerprint density at radius 3 is 2.79 bits per heavy atom. The standard InChI is InChI=1S/C14H16BrF2NO/c1-8-3-2-6-14(18,7-8)13(19)11-10(16)5-4-9(15)12(11)17/h4-5,8H,2-3,6-7,18H2,1H3. The fourth-order valence-corrected chi connectivity index (χ4v) is 3.11. The molecule has 1 fully saturated rings. The summed E-state index contributed by atoms with van der Waals surface area (Å²) in [5.41, 5.74) is 4.44. The molecule has 1 aliphatic rings. The van der Waals surface area contributed by atoms with E-state index in [4.69, 9.17) is 5.73 Å². The van der Waals surface area contributed by atoms with Crippen LogP contribution in [0.3, 0.4) is 0 Å². The molecule has 0 saturated heterocycles. The predicted molar refractivity (Wildman–Crippen MR) is 72.9 cm³/mol. The Morgan fingerprint density at radius 2 is 2.16 bits per heavy atom. The molecule has 104 valence electrons. The number of nitrogens with two attached hydrogens (primary N) is 1. The van der Waals surface area contributed by atoms with Gasteiger partial charge >= 0.3 is 0 Å². The first-order chi connectivity index (χ1) is 8.85. The van der Waals surface area contributed by atoms with Crippen molar-refractivity contribution < 1.29 is 13.6 Å². The molecular weight excluding hydrogens is 316 g/mol. The number of ketones is 1. The molecule has 1 aromatic carbocycles. The van der Waals surface area contributed by atoms with Gasteiger partial charge in [0.25, 0.3) is 0 Å². The van der Waals surface area contributed by atoms with Crippen LogP contribution in [-0.4, -0.2) is 11.3 Å². The van der Waals surface area contributed by atoms with Crippen LogP contribution in [-0.2, 0) is 0 Å². The van der Waals surface area contributed by atoms with E-state index >= 15 is 0 Å². The fraction of sp³-hybridized carbons (Fsp3) is 0.500. The number of rotatable bonds is 2. The second kappa shape index (κ2) is 5.29. The Balaban J connectivity index is 2.42. The number of benzene rings is 1. The van der Waals surface area contributed by atoms with Gasteiger partial charge in [0.05, 0.1) is 15.6 Å². The summed E-state index contributed by atoms with van der Waals surface area (Å²) >= 11 is 2.97. The van der Waals surface area contributed by atoms with E-state index in [9.17, 15) is 13.6 Å². The Bertz CT molecular complexity index is 520. The molecule has 1 aliphatic carbocycles. The summed E-state index contributed by atoms with van der Waals surface area (Å²) in [4.78, 5) is 12.4. The molecule has 2 N–H and O–H groups in total. The van der Waals surface area contributed by atoms with Crippen molar-refractivity contribution in [3.05, 3.63) is 33.8 Å². The summed E-state index contributed by atoms with van der Waals surface area (Å²) in [6.07, 6.45) is 2.75. The highest BCUT2D eigenvalue weighted by Crippen LogP contribution is 2.34. The first-order valence-electron chi connectivity index (χ1n) is 6.32. The van der Waals surface area contributed by atoms with Crippen molar-refractivity contribution in [2.45, 2.75) is 38.1 Å². The van der Waals surface area contributed by atoms with Gasteiger partial charge in [-0.1, -0.05) is 19.8 Å². The largest absolute Gasteiger partial charge is 0.319 e. The monoisotopic (exact) mass is 331 g/mol. The van der Waals surface area contributed by atoms with Crippen LogP contribution in [0.5, 0.6) is 0 Å². The molecule has 2 rings (SSSR count). The number of Topliss-reactive ketones (excluding diaryl/α,β-unsaturated/α-hetero) is 1. The van der Waals surface area contributed by atoms with E-state index in [-0.39, 0.29) is 4.47 Å². The van der Waals surface area contributed by atoms with Crippen molar-refractivity contribution in [3.63, 3.8) is 0 Å². The van der Waals surface area contributed by atoms with Crippen molar-refractivity contribution in [1.29, 1.82) is 0 Å². The number of carbonyl (C=O) groups is 1. The molecule has 5 heteroatoms. The molecule has 0 aromatic heterocycles. The van der Waals surface area contributed by atoms with Crippen LogP contribution in [0.25, 0.3) is 0 Å². The lowest BCUT2D eigenvalue weighted by atomic mass is 9.73. The van der Waals surface area contributed by atoms with Crippen molar-refractivity contribution in [2.75, 3.05) is 0 Å². The van der Waals surface area contributed by atoms with Crippen LogP contribution in [0.1, 0.15) is 43.0 Å². The molecular formula is C14H16BrF2NO. The molecule has 0 heterocycles. The zero-order valence-electron chi connectivity index (χ0n) is 10.7. The minimum atomic E-state index is -1.15. The van der Waals surface area contributed by atoms with E-state index in [1.165, 1.54) is 6.07 Å². The van der Waals surface area contributed by atoms with Crippen LogP contribution >= 0.6 is 15.9 Å². The average Bonchev–Trinajstić information content (AvgIpc) is 2.34. The van der Waals surface area contributed by atoms with E-state index in [0.717, 1.165) is 18.9 Å². The van der Waals surface area contributed by atoms with Gasteiger partial charge in [-0.2, -0.15) is 0 Å². The molecule has 0 aliphatic heterocycles. The second-order valence-electron chi connectivity index (χ2n) is 5.40. The lowest BCUT2D eigenvalue weighted by Crippen LogP contribution is -2.51. The summed E-state index contributed by atoms with van der Waals surface area (Å²) in [7, 11) is 0. The maximum Gasteiger partial charge on any atom is 0.188 e. The molecule has 2 atom stereocenters. The van der Waals surface area contributed by atoms with Gasteiger partial charge in [-0.05, 0) is 46.8 Å². The minimum Gasteiger partial charge on any atom is -0.319 e. The summed E-state index contributed by atoms with van der Waals surface area (Å²) in [6, 6.07) is 2.32. The predicted octanol–water partition coefficient (Wildman–Crippen LogP) is 3.82. The van der Waals surface area contributed by atoms with Crippen LogP contribution in [0.2, 0.25) is 0 Å². The highest BCUT2D eigenvalue weighted by molar-refractivity contribution is 9.10. The molecule has 0 spiro atoms. The third-order valence-corrected chi connectivity index (χ3v) is 4.37. The van der Waals surface area contributed by atoms with Gasteiger partial charge in [-0.25, -0.2) is 8.78 Å². The van der Waals surface area contributed by atoms with Crippen molar-refractivity contribution in [3.8, 4) is 0 Å². The van der Waals surface area contributed by atoms with E-state index < -0.39 is 28.5 Å². The van der Waals surface area contributed by atoms with Gasteiger partial charge < -0.3 is 5.73 Å². The van der Waals surface area contributed by atoms with Gasteiger partial charge in [0.2, 0.25) is 0 Å². The SMILES string of the molecule is CC1CCCC(N)(C(=O)c2c(F)ccc(Br)c2F)C1. The van der Waals surface area contributed by atoms with Gasteiger partial charge in [0.1, 0.15) is 5.82 Å². The Kier molecular flexibility index (Phi) is 4.06. The molecule has 1 aromatic rings. The third-order valence-electron chi connectivity index (χ3n) is 3.76. The number of hydrogen-bond donors (Lipinski definition) is 1. The smallest absolute Gasteiger partial charge is 0.188 e. The first kappa shape index (κ1) is 14.6. The summed E-state index contributed by atoms with van der Waals surface area (Å²) in [5, 5.41) is 0. The van der Waals surface area contributed by atoms with E-state index in [1.54, 1.807) is 0 Å². The lowest BCUT2D eigenvalue weighted by Gasteiger charge is -2.35. The second-order valence-corrected chi connectivity index (χ2v) is 6.26. The first-order valence-corrected chi connectivity index (χ1v) is 7.11. The van der Waals surface area contributed by atoms with Gasteiger partial charge in [0, 0.05) is 0 Å². The third kappa shape index (κ3) is 2.72. The van der Waals surface area contributed by atoms with E-state index in [1.807, 2.05) is 6.92 Å². The molecule has 0 amide bonds. The fourth-order valence-electron chi connectivity index (χ4n) is 2.78. The maximum atomic E-state index is 14.0. The van der Waals surface area contributed by atoms with Crippen molar-refractivity contribution in [1.82, 2.24) is 0 Å². The van der Waals surface area contributed by atoms with Crippen LogP contribution in [0.4, 0.5) is 8.78 Å². The lowest BCUT2D eigenvalue weighted by molar-refractivity contribution is 0.0810. The highest BCUT2D eigenvalue weighted by atomic mass is 79.9. The molecule has 2 unspecified atom stereocenters. The van der Waals surface area contributed by atoms with Crippen molar-refractivity contribution >= 4 is 21.7 Å². The number of hydrogen-bond acceptors (Lipinski definition) is 2. The Morgan fingerprint density at radius 1 is 1.47 bits per heavy atom. The summed E-state index contributed by atoms with van der Waals surface area (Å²) in [6.45, 7) is 2.00. The quantitative estimate of drug-likeness (QED) is 0.661. The van der Waals surface area contributed by atoms with E-state index in [2.05, 4.69) is 15.9 Å². The topological polar surface area (TPSA) is 43.1 Å². The zero-order chi connectivity index (χ0) is 14.2. The van der Waals surface area contributed by atoms with Gasteiger partial charge in [-0.15, -0.1) is 0 Å². The van der Waals surface area contributed by atoms with Crippen LogP contribution < -0.4 is 5.73 Å². The van der Waals surface area contributed by atoms with E-state index in [0.29, 0.717) is 18.8 Å². The normalized spacial score (nSPS) is 27.3. The Hall–Kier alpha value is -0.810. The van der Waals surface area contributed by atoms with Crippen LogP contribution in [0, 0.1) is 17.6 Å². The van der Waals surface area contributed by atoms with Gasteiger partial charge in [0.15, 0.2) is 11.6 Å². The molecule has 0 radical (unpaired) electrons. The molecule has 0 bridgehead atoms. The zero-order valence-corrected chi connectivity index (χ0v) is 12.3. The maximum absolute atomic E-state index is 14.0.